The van der Waals surface area contributed by atoms with Gasteiger partial charge in [0.15, 0.2) is 0 Å². The van der Waals surface area contributed by atoms with E-state index in [0.29, 0.717) is 10.6 Å². The van der Waals surface area contributed by atoms with E-state index < -0.39 is 0 Å². The van der Waals surface area contributed by atoms with Gasteiger partial charge in [-0.25, -0.2) is 9.78 Å². The summed E-state index contributed by atoms with van der Waals surface area (Å²) in [4.78, 5) is 16.7. The minimum atomic E-state index is -0.335. The quantitative estimate of drug-likeness (QED) is 0.809. The van der Waals surface area contributed by atoms with E-state index in [1.807, 2.05) is 25.1 Å². The number of hydrogen-bond acceptors (Lipinski definition) is 5. The number of esters is 1. The number of carbonyl (C=O) groups excluding carboxylic acids is 1. The number of ether oxygens (including phenoxy) is 2. The van der Waals surface area contributed by atoms with Crippen LogP contribution >= 0.6 is 11.3 Å². The Morgan fingerprint density at radius 1 is 1.35 bits per heavy atom. The van der Waals surface area contributed by atoms with Crippen molar-refractivity contribution in [2.75, 3.05) is 14.2 Å². The van der Waals surface area contributed by atoms with Gasteiger partial charge in [0.05, 0.1) is 19.9 Å². The fourth-order valence-corrected chi connectivity index (χ4v) is 3.04. The van der Waals surface area contributed by atoms with E-state index in [-0.39, 0.29) is 5.97 Å². The van der Waals surface area contributed by atoms with Crippen LogP contribution in [0.15, 0.2) is 18.2 Å². The maximum atomic E-state index is 11.7. The normalized spacial score (nSPS) is 10.4. The minimum Gasteiger partial charge on any atom is -0.497 e. The van der Waals surface area contributed by atoms with Gasteiger partial charge in [-0.15, -0.1) is 11.3 Å². The molecule has 0 atom stereocenters. The summed E-state index contributed by atoms with van der Waals surface area (Å²) < 4.78 is 10.0. The molecule has 0 fully saturated rings. The van der Waals surface area contributed by atoms with E-state index in [9.17, 15) is 4.79 Å². The third-order valence-corrected chi connectivity index (χ3v) is 4.26. The molecule has 0 N–H and O–H groups in total. The molecule has 0 aliphatic rings. The van der Waals surface area contributed by atoms with Crippen molar-refractivity contribution in [1.29, 1.82) is 0 Å². The number of aryl methyl sites for hydroxylation is 2. The maximum Gasteiger partial charge on any atom is 0.349 e. The number of methoxy groups -OCH3 is 2. The number of rotatable bonds is 4. The minimum absolute atomic E-state index is 0.335. The van der Waals surface area contributed by atoms with E-state index in [4.69, 9.17) is 9.47 Å². The van der Waals surface area contributed by atoms with Crippen LogP contribution in [0, 0.1) is 6.92 Å². The Balaban J connectivity index is 2.49. The topological polar surface area (TPSA) is 48.4 Å². The van der Waals surface area contributed by atoms with Gasteiger partial charge in [0, 0.05) is 5.56 Å². The van der Waals surface area contributed by atoms with Crippen molar-refractivity contribution < 1.29 is 14.3 Å². The second-order valence-corrected chi connectivity index (χ2v) is 5.30. The summed E-state index contributed by atoms with van der Waals surface area (Å²) in [7, 11) is 3.03. The lowest BCUT2D eigenvalue weighted by atomic mass is 10.1. The highest BCUT2D eigenvalue weighted by Gasteiger charge is 2.18. The number of carbonyl (C=O) groups is 1. The molecule has 0 amide bonds. The van der Waals surface area contributed by atoms with Gasteiger partial charge in [0.2, 0.25) is 0 Å². The summed E-state index contributed by atoms with van der Waals surface area (Å²) in [5.41, 5.74) is 2.89. The highest BCUT2D eigenvalue weighted by atomic mass is 32.1. The fraction of sp³-hybridized carbons (Fsp3) is 0.333. The highest BCUT2D eigenvalue weighted by molar-refractivity contribution is 7.17. The van der Waals surface area contributed by atoms with E-state index in [1.165, 1.54) is 18.4 Å². The number of aromatic nitrogens is 1. The summed E-state index contributed by atoms with van der Waals surface area (Å²) in [6, 6.07) is 5.89. The zero-order chi connectivity index (χ0) is 14.7. The largest absolute Gasteiger partial charge is 0.497 e. The van der Waals surface area contributed by atoms with Crippen molar-refractivity contribution >= 4 is 17.3 Å². The van der Waals surface area contributed by atoms with E-state index in [0.717, 1.165) is 28.3 Å². The van der Waals surface area contributed by atoms with Gasteiger partial charge in [-0.2, -0.15) is 0 Å². The zero-order valence-corrected chi connectivity index (χ0v) is 12.8. The molecule has 0 radical (unpaired) electrons. The van der Waals surface area contributed by atoms with Gasteiger partial charge in [0.25, 0.3) is 0 Å². The van der Waals surface area contributed by atoms with E-state index >= 15 is 0 Å². The number of thiazole rings is 1. The first-order chi connectivity index (χ1) is 9.60. The second-order valence-electron chi connectivity index (χ2n) is 4.30. The molecule has 0 saturated heterocycles. The van der Waals surface area contributed by atoms with Crippen LogP contribution < -0.4 is 4.74 Å². The molecule has 0 spiro atoms. The molecule has 106 valence electrons. The lowest BCUT2D eigenvalue weighted by Crippen LogP contribution is -1.99. The zero-order valence-electron chi connectivity index (χ0n) is 12.0. The number of hydrogen-bond donors (Lipinski definition) is 0. The Kier molecular flexibility index (Phi) is 4.39. The summed E-state index contributed by atoms with van der Waals surface area (Å²) in [5.74, 6) is 0.491. The third-order valence-electron chi connectivity index (χ3n) is 3.09. The lowest BCUT2D eigenvalue weighted by molar-refractivity contribution is 0.0605. The van der Waals surface area contributed by atoms with Crippen molar-refractivity contribution in [3.05, 3.63) is 34.3 Å². The fourth-order valence-electron chi connectivity index (χ4n) is 1.99. The Morgan fingerprint density at radius 3 is 2.70 bits per heavy atom. The molecule has 0 saturated carbocycles. The lowest BCUT2D eigenvalue weighted by Gasteiger charge is -2.07. The van der Waals surface area contributed by atoms with Gasteiger partial charge in [0.1, 0.15) is 15.6 Å². The molecule has 0 aliphatic heterocycles. The van der Waals surface area contributed by atoms with Crippen molar-refractivity contribution in [3.8, 4) is 16.3 Å². The van der Waals surface area contributed by atoms with Crippen molar-refractivity contribution in [2.24, 2.45) is 0 Å². The van der Waals surface area contributed by atoms with E-state index in [1.54, 1.807) is 7.11 Å². The Labute approximate surface area is 122 Å². The summed E-state index contributed by atoms with van der Waals surface area (Å²) in [5, 5.41) is 0.836. The molecule has 1 aromatic heterocycles. The standard InChI is InChI=1S/C15H17NO3S/c1-5-10-8-11(18-3)6-7-12(10)14-16-9(2)13(20-14)15(17)19-4/h6-8H,5H2,1-4H3. The molecule has 2 rings (SSSR count). The molecule has 0 aliphatic carbocycles. The van der Waals surface area contributed by atoms with Crippen LogP contribution in [0.25, 0.3) is 10.6 Å². The smallest absolute Gasteiger partial charge is 0.349 e. The monoisotopic (exact) mass is 291 g/mol. The average Bonchev–Trinajstić information content (AvgIpc) is 2.87. The van der Waals surface area contributed by atoms with Crippen molar-refractivity contribution in [3.63, 3.8) is 0 Å². The SMILES string of the molecule is CCc1cc(OC)ccc1-c1nc(C)c(C(=O)OC)s1. The molecule has 20 heavy (non-hydrogen) atoms. The predicted molar refractivity (Wildman–Crippen MR) is 79.6 cm³/mol. The van der Waals surface area contributed by atoms with Gasteiger partial charge in [-0.3, -0.25) is 0 Å². The highest BCUT2D eigenvalue weighted by Crippen LogP contribution is 2.32. The summed E-state index contributed by atoms with van der Waals surface area (Å²) >= 11 is 1.36. The molecule has 5 heteroatoms. The van der Waals surface area contributed by atoms with Crippen LogP contribution in [-0.4, -0.2) is 25.2 Å². The third kappa shape index (κ3) is 2.67. The van der Waals surface area contributed by atoms with Crippen LogP contribution in [0.1, 0.15) is 27.9 Å². The molecule has 4 nitrogen and oxygen atoms in total. The molecule has 1 heterocycles. The van der Waals surface area contributed by atoms with Gasteiger partial charge in [-0.1, -0.05) is 6.92 Å². The van der Waals surface area contributed by atoms with Crippen LogP contribution in [0.3, 0.4) is 0 Å². The second kappa shape index (κ2) is 6.05. The van der Waals surface area contributed by atoms with Crippen LogP contribution in [-0.2, 0) is 11.2 Å². The first kappa shape index (κ1) is 14.5. The number of benzene rings is 1. The summed E-state index contributed by atoms with van der Waals surface area (Å²) in [6.07, 6.45) is 0.874. The first-order valence-electron chi connectivity index (χ1n) is 6.33. The molecule has 0 bridgehead atoms. The van der Waals surface area contributed by atoms with Crippen molar-refractivity contribution in [2.45, 2.75) is 20.3 Å². The van der Waals surface area contributed by atoms with Crippen LogP contribution in [0.5, 0.6) is 5.75 Å². The predicted octanol–water partition coefficient (Wildman–Crippen LogP) is 3.48. The molecule has 1 aromatic carbocycles. The van der Waals surface area contributed by atoms with Gasteiger partial charge in [-0.05, 0) is 37.1 Å². The van der Waals surface area contributed by atoms with Crippen LogP contribution in [0.4, 0.5) is 0 Å². The Hall–Kier alpha value is -1.88. The molecular weight excluding hydrogens is 274 g/mol. The van der Waals surface area contributed by atoms with Crippen LogP contribution in [0.2, 0.25) is 0 Å². The maximum absolute atomic E-state index is 11.7. The van der Waals surface area contributed by atoms with Gasteiger partial charge >= 0.3 is 5.97 Å². The average molecular weight is 291 g/mol. The Morgan fingerprint density at radius 2 is 2.10 bits per heavy atom. The van der Waals surface area contributed by atoms with Gasteiger partial charge < -0.3 is 9.47 Å². The van der Waals surface area contributed by atoms with E-state index in [2.05, 4.69) is 11.9 Å². The summed E-state index contributed by atoms with van der Waals surface area (Å²) in [6.45, 7) is 3.90. The molecule has 2 aromatic rings. The van der Waals surface area contributed by atoms with Crippen molar-refractivity contribution in [1.82, 2.24) is 4.98 Å². The molecule has 0 unspecified atom stereocenters. The molecular formula is C15H17NO3S. The first-order valence-corrected chi connectivity index (χ1v) is 7.15. The number of nitrogens with zero attached hydrogens (tertiary/aromatic N) is 1. The Bertz CT molecular complexity index is 634.